The number of nitrogens with one attached hydrogen (secondary N) is 1. The molecule has 3 unspecified atom stereocenters. The number of benzene rings is 1. The van der Waals surface area contributed by atoms with Crippen LogP contribution in [-0.4, -0.2) is 31.7 Å². The van der Waals surface area contributed by atoms with Crippen LogP contribution >= 0.6 is 0 Å². The number of ether oxygens (including phenoxy) is 2. The Bertz CT molecular complexity index is 435. The van der Waals surface area contributed by atoms with E-state index >= 15 is 0 Å². The van der Waals surface area contributed by atoms with E-state index < -0.39 is 0 Å². The van der Waals surface area contributed by atoms with Gasteiger partial charge < -0.3 is 20.5 Å². The third-order valence-corrected chi connectivity index (χ3v) is 3.16. The lowest BCUT2D eigenvalue weighted by Gasteiger charge is -2.19. The number of nitrogens with two attached hydrogens (primary N) is 1. The van der Waals surface area contributed by atoms with Crippen molar-refractivity contribution in [1.29, 1.82) is 0 Å². The first-order valence-corrected chi connectivity index (χ1v) is 6.78. The van der Waals surface area contributed by atoms with Gasteiger partial charge in [-0.1, -0.05) is 19.1 Å². The van der Waals surface area contributed by atoms with E-state index in [1.807, 2.05) is 45.0 Å². The van der Waals surface area contributed by atoms with Crippen molar-refractivity contribution in [3.05, 3.63) is 24.3 Å². The molecule has 1 aromatic carbocycles. The third kappa shape index (κ3) is 4.74. The normalized spacial score (nSPS) is 15.1. The summed E-state index contributed by atoms with van der Waals surface area (Å²) in [4.78, 5) is 11.8. The largest absolute Gasteiger partial charge is 0.493 e. The van der Waals surface area contributed by atoms with E-state index in [4.69, 9.17) is 15.2 Å². The van der Waals surface area contributed by atoms with Crippen molar-refractivity contribution in [3.8, 4) is 11.5 Å². The molecule has 3 N–H and O–H groups in total. The number of carbonyl (C=O) groups is 1. The van der Waals surface area contributed by atoms with E-state index in [9.17, 15) is 4.79 Å². The minimum absolute atomic E-state index is 0.0597. The van der Waals surface area contributed by atoms with Gasteiger partial charge in [-0.05, 0) is 26.0 Å². The van der Waals surface area contributed by atoms with Crippen LogP contribution in [-0.2, 0) is 4.79 Å². The number of amides is 1. The molecule has 0 heterocycles. The fourth-order valence-electron chi connectivity index (χ4n) is 1.62. The van der Waals surface area contributed by atoms with Crippen LogP contribution in [0.2, 0.25) is 0 Å². The fraction of sp³-hybridized carbons (Fsp3) is 0.533. The molecule has 3 atom stereocenters. The molecule has 0 bridgehead atoms. The van der Waals surface area contributed by atoms with Crippen molar-refractivity contribution in [1.82, 2.24) is 5.32 Å². The summed E-state index contributed by atoms with van der Waals surface area (Å²) < 4.78 is 11.0. The molecule has 112 valence electrons. The summed E-state index contributed by atoms with van der Waals surface area (Å²) in [5.41, 5.74) is 5.70. The molecule has 0 spiro atoms. The fourth-order valence-corrected chi connectivity index (χ4v) is 1.62. The van der Waals surface area contributed by atoms with Crippen LogP contribution in [0.5, 0.6) is 11.5 Å². The molecular weight excluding hydrogens is 256 g/mol. The van der Waals surface area contributed by atoms with Gasteiger partial charge in [0, 0.05) is 12.0 Å². The molecular formula is C15H24N2O3. The Labute approximate surface area is 120 Å². The molecule has 0 saturated heterocycles. The van der Waals surface area contributed by atoms with Gasteiger partial charge in [0.15, 0.2) is 11.5 Å². The Morgan fingerprint density at radius 2 is 1.85 bits per heavy atom. The summed E-state index contributed by atoms with van der Waals surface area (Å²) in [6.07, 6.45) is -0.157. The molecule has 5 heteroatoms. The summed E-state index contributed by atoms with van der Waals surface area (Å²) in [7, 11) is 1.60. The summed E-state index contributed by atoms with van der Waals surface area (Å²) in [5, 5.41) is 2.84. The third-order valence-electron chi connectivity index (χ3n) is 3.16. The molecule has 0 aliphatic heterocycles. The maximum atomic E-state index is 11.8. The number of hydrogen-bond donors (Lipinski definition) is 2. The second kappa shape index (κ2) is 7.75. The van der Waals surface area contributed by atoms with Crippen LogP contribution < -0.4 is 20.5 Å². The Morgan fingerprint density at radius 1 is 1.25 bits per heavy atom. The molecule has 0 fully saturated rings. The second-order valence-corrected chi connectivity index (χ2v) is 4.97. The van der Waals surface area contributed by atoms with Crippen LogP contribution in [0.3, 0.4) is 0 Å². The first-order chi connectivity index (χ1) is 9.45. The van der Waals surface area contributed by atoms with Crippen LogP contribution in [0.15, 0.2) is 24.3 Å². The van der Waals surface area contributed by atoms with E-state index in [0.717, 1.165) is 0 Å². The minimum atomic E-state index is -0.214. The zero-order valence-corrected chi connectivity index (χ0v) is 12.6. The van der Waals surface area contributed by atoms with Crippen molar-refractivity contribution in [2.75, 3.05) is 13.7 Å². The maximum Gasteiger partial charge on any atom is 0.224 e. The molecule has 1 amide bonds. The van der Waals surface area contributed by atoms with Crippen molar-refractivity contribution in [2.24, 2.45) is 11.7 Å². The number of rotatable bonds is 7. The van der Waals surface area contributed by atoms with Gasteiger partial charge in [0.1, 0.15) is 6.10 Å². The summed E-state index contributed by atoms with van der Waals surface area (Å²) in [6, 6.07) is 7.25. The van der Waals surface area contributed by atoms with Crippen molar-refractivity contribution in [3.63, 3.8) is 0 Å². The molecule has 0 aromatic heterocycles. The lowest BCUT2D eigenvalue weighted by Crippen LogP contribution is -2.42. The molecule has 1 rings (SSSR count). The minimum Gasteiger partial charge on any atom is -0.493 e. The summed E-state index contributed by atoms with van der Waals surface area (Å²) in [5.74, 6) is 1.07. The zero-order valence-electron chi connectivity index (χ0n) is 12.6. The summed E-state index contributed by atoms with van der Waals surface area (Å²) >= 11 is 0. The highest BCUT2D eigenvalue weighted by atomic mass is 16.5. The molecule has 0 radical (unpaired) electrons. The number of methoxy groups -OCH3 is 1. The van der Waals surface area contributed by atoms with Gasteiger partial charge in [-0.15, -0.1) is 0 Å². The molecule has 20 heavy (non-hydrogen) atoms. The number of para-hydroxylation sites is 2. The second-order valence-electron chi connectivity index (χ2n) is 4.97. The van der Waals surface area contributed by atoms with Crippen LogP contribution in [0.1, 0.15) is 20.8 Å². The van der Waals surface area contributed by atoms with Crippen LogP contribution in [0, 0.1) is 5.92 Å². The lowest BCUT2D eigenvalue weighted by atomic mass is 10.0. The van der Waals surface area contributed by atoms with Gasteiger partial charge in [-0.25, -0.2) is 0 Å². The quantitative estimate of drug-likeness (QED) is 0.795. The molecule has 5 nitrogen and oxygen atoms in total. The maximum absolute atomic E-state index is 11.8. The lowest BCUT2D eigenvalue weighted by molar-refractivity contribution is -0.125. The number of hydrogen-bond acceptors (Lipinski definition) is 4. The van der Waals surface area contributed by atoms with Crippen LogP contribution in [0.4, 0.5) is 0 Å². The average molecular weight is 280 g/mol. The van der Waals surface area contributed by atoms with E-state index in [1.165, 1.54) is 0 Å². The van der Waals surface area contributed by atoms with Crippen LogP contribution in [0.25, 0.3) is 0 Å². The summed E-state index contributed by atoms with van der Waals surface area (Å²) in [6.45, 7) is 5.95. The van der Waals surface area contributed by atoms with Crippen molar-refractivity contribution >= 4 is 5.91 Å². The van der Waals surface area contributed by atoms with Crippen molar-refractivity contribution < 1.29 is 14.3 Å². The monoisotopic (exact) mass is 280 g/mol. The Morgan fingerprint density at radius 3 is 2.40 bits per heavy atom. The van der Waals surface area contributed by atoms with Gasteiger partial charge >= 0.3 is 0 Å². The van der Waals surface area contributed by atoms with E-state index in [1.54, 1.807) is 7.11 Å². The Balaban J connectivity index is 2.48. The Kier molecular flexibility index (Phi) is 6.31. The average Bonchev–Trinajstić information content (AvgIpc) is 2.44. The van der Waals surface area contributed by atoms with E-state index in [0.29, 0.717) is 18.0 Å². The molecule has 0 saturated carbocycles. The van der Waals surface area contributed by atoms with Gasteiger partial charge in [-0.3, -0.25) is 4.79 Å². The van der Waals surface area contributed by atoms with Crippen molar-refractivity contribution in [2.45, 2.75) is 32.9 Å². The highest BCUT2D eigenvalue weighted by molar-refractivity contribution is 5.78. The Hall–Kier alpha value is -1.75. The predicted octanol–water partition coefficient (Wildman–Crippen LogP) is 1.56. The first-order valence-electron chi connectivity index (χ1n) is 6.78. The van der Waals surface area contributed by atoms with E-state index in [2.05, 4.69) is 5.32 Å². The highest BCUT2D eigenvalue weighted by Crippen LogP contribution is 2.26. The first kappa shape index (κ1) is 16.3. The van der Waals surface area contributed by atoms with E-state index in [-0.39, 0.29) is 24.0 Å². The molecule has 0 aliphatic carbocycles. The van der Waals surface area contributed by atoms with Gasteiger partial charge in [0.25, 0.3) is 0 Å². The zero-order chi connectivity index (χ0) is 15.1. The molecule has 1 aromatic rings. The standard InChI is InChI=1S/C15H24N2O3/c1-10(9-17-15(18)11(2)12(3)16)20-14-8-6-5-7-13(14)19-4/h5-8,10-12H,9,16H2,1-4H3,(H,17,18). The van der Waals surface area contributed by atoms with Gasteiger partial charge in [0.05, 0.1) is 13.7 Å². The SMILES string of the molecule is COc1ccccc1OC(C)CNC(=O)C(C)C(C)N. The highest BCUT2D eigenvalue weighted by Gasteiger charge is 2.17. The molecule has 0 aliphatic rings. The topological polar surface area (TPSA) is 73.6 Å². The van der Waals surface area contributed by atoms with Gasteiger partial charge in [-0.2, -0.15) is 0 Å². The number of carbonyl (C=O) groups excluding carboxylic acids is 1. The van der Waals surface area contributed by atoms with Gasteiger partial charge in [0.2, 0.25) is 5.91 Å². The smallest absolute Gasteiger partial charge is 0.224 e. The predicted molar refractivity (Wildman–Crippen MR) is 78.9 cm³/mol.